The molecule has 0 aliphatic carbocycles. The Morgan fingerprint density at radius 1 is 1.00 bits per heavy atom. The number of aromatic hydroxyl groups is 1. The van der Waals surface area contributed by atoms with Gasteiger partial charge in [0.15, 0.2) is 0 Å². The molecule has 25 heavy (non-hydrogen) atoms. The molecule has 0 unspecified atom stereocenters. The summed E-state index contributed by atoms with van der Waals surface area (Å²) in [7, 11) is -0.616. The van der Waals surface area contributed by atoms with Crippen molar-refractivity contribution in [1.29, 1.82) is 0 Å². The van der Waals surface area contributed by atoms with Crippen molar-refractivity contribution in [2.24, 2.45) is 0 Å². The molecule has 1 aliphatic heterocycles. The first-order chi connectivity index (χ1) is 11.8. The van der Waals surface area contributed by atoms with Gasteiger partial charge in [0, 0.05) is 11.0 Å². The number of phenolic OH excluding ortho intramolecular Hbond substituents is 1. The van der Waals surface area contributed by atoms with Gasteiger partial charge in [-0.3, -0.25) is 0 Å². The molecule has 3 aromatic rings. The normalized spacial score (nSPS) is 18.8. The molecule has 0 spiro atoms. The number of para-hydroxylation sites is 2. The number of nitrogens with zero attached hydrogens (tertiary/aromatic N) is 1. The van der Waals surface area contributed by atoms with Crippen molar-refractivity contribution in [3.8, 4) is 17.1 Å². The molecule has 1 aliphatic rings. The number of fused-ring (bicyclic) bond motifs is 1. The number of benzene rings is 2. The number of hydrogen-bond acceptors (Lipinski definition) is 4. The molecule has 1 fully saturated rings. The molecule has 2 heterocycles. The fraction of sp³-hybridized carbons (Fsp3) is 0.316. The van der Waals surface area contributed by atoms with Crippen LogP contribution in [0.25, 0.3) is 22.4 Å². The van der Waals surface area contributed by atoms with Gasteiger partial charge < -0.3 is 19.4 Å². The predicted octanol–water partition coefficient (Wildman–Crippen LogP) is 3.23. The fourth-order valence-corrected chi connectivity index (χ4v) is 2.95. The average Bonchev–Trinajstić information content (AvgIpc) is 3.06. The lowest BCUT2D eigenvalue weighted by molar-refractivity contribution is 0.00578. The second-order valence-corrected chi connectivity index (χ2v) is 7.46. The lowest BCUT2D eigenvalue weighted by atomic mass is 9.77. The molecule has 4 rings (SSSR count). The van der Waals surface area contributed by atoms with Gasteiger partial charge in [0.25, 0.3) is 0 Å². The fourth-order valence-electron chi connectivity index (χ4n) is 2.95. The molecule has 0 saturated carbocycles. The van der Waals surface area contributed by atoms with E-state index in [4.69, 9.17) is 9.31 Å². The zero-order valence-electron chi connectivity index (χ0n) is 14.8. The maximum Gasteiger partial charge on any atom is 0.498 e. The van der Waals surface area contributed by atoms with E-state index in [1.165, 1.54) is 0 Å². The van der Waals surface area contributed by atoms with Gasteiger partial charge >= 0.3 is 7.12 Å². The van der Waals surface area contributed by atoms with E-state index in [2.05, 4.69) is 9.97 Å². The van der Waals surface area contributed by atoms with E-state index in [1.807, 2.05) is 64.1 Å². The molecule has 0 atom stereocenters. The third kappa shape index (κ3) is 2.62. The zero-order valence-corrected chi connectivity index (χ0v) is 14.8. The molecule has 5 nitrogen and oxygen atoms in total. The van der Waals surface area contributed by atoms with Crippen LogP contribution in [0.1, 0.15) is 27.7 Å². The summed E-state index contributed by atoms with van der Waals surface area (Å²) >= 11 is 0. The molecular weight excluding hydrogens is 315 g/mol. The Morgan fingerprint density at radius 2 is 1.68 bits per heavy atom. The van der Waals surface area contributed by atoms with Crippen LogP contribution in [0.3, 0.4) is 0 Å². The standard InChI is InChI=1S/C19H21BN2O3/c1-18(2)19(3,4)25-20(24-18)13-11-12(9-10-16(13)23)17-21-14-7-5-6-8-15(14)22-17/h5-11,23H,1-4H3,(H,21,22). The van der Waals surface area contributed by atoms with E-state index in [0.717, 1.165) is 22.4 Å². The maximum atomic E-state index is 10.3. The summed E-state index contributed by atoms with van der Waals surface area (Å²) in [4.78, 5) is 7.93. The number of imidazole rings is 1. The van der Waals surface area contributed by atoms with E-state index in [0.29, 0.717) is 5.46 Å². The number of nitrogens with one attached hydrogen (secondary N) is 1. The first-order valence-electron chi connectivity index (χ1n) is 8.40. The number of hydrogen-bond donors (Lipinski definition) is 2. The summed E-state index contributed by atoms with van der Waals surface area (Å²) in [5, 5.41) is 10.3. The van der Waals surface area contributed by atoms with Crippen LogP contribution in [-0.4, -0.2) is 33.4 Å². The molecule has 128 valence electrons. The Kier molecular flexibility index (Phi) is 3.46. The highest BCUT2D eigenvalue weighted by Crippen LogP contribution is 2.37. The van der Waals surface area contributed by atoms with Crippen LogP contribution in [0.5, 0.6) is 5.75 Å². The molecule has 1 aromatic heterocycles. The largest absolute Gasteiger partial charge is 0.508 e. The van der Waals surface area contributed by atoms with Gasteiger partial charge in [-0.1, -0.05) is 12.1 Å². The summed E-state index contributed by atoms with van der Waals surface area (Å²) < 4.78 is 12.1. The van der Waals surface area contributed by atoms with Crippen molar-refractivity contribution in [2.75, 3.05) is 0 Å². The third-order valence-corrected chi connectivity index (χ3v) is 5.20. The van der Waals surface area contributed by atoms with Gasteiger partial charge in [-0.05, 0) is 58.0 Å². The van der Waals surface area contributed by atoms with Gasteiger partial charge in [-0.25, -0.2) is 4.98 Å². The number of H-pyrrole nitrogens is 1. The molecule has 0 bridgehead atoms. The maximum absolute atomic E-state index is 10.3. The molecule has 2 aromatic carbocycles. The Bertz CT molecular complexity index is 900. The molecule has 2 N–H and O–H groups in total. The Labute approximate surface area is 147 Å². The van der Waals surface area contributed by atoms with Crippen LogP contribution in [0.15, 0.2) is 42.5 Å². The van der Waals surface area contributed by atoms with Crippen LogP contribution in [0.2, 0.25) is 0 Å². The first-order valence-corrected chi connectivity index (χ1v) is 8.40. The van der Waals surface area contributed by atoms with Crippen LogP contribution in [0, 0.1) is 0 Å². The van der Waals surface area contributed by atoms with Crippen LogP contribution in [0.4, 0.5) is 0 Å². The minimum atomic E-state index is -0.616. The number of phenols is 1. The van der Waals surface area contributed by atoms with Crippen LogP contribution < -0.4 is 5.46 Å². The van der Waals surface area contributed by atoms with Crippen LogP contribution >= 0.6 is 0 Å². The zero-order chi connectivity index (χ0) is 17.8. The van der Waals surface area contributed by atoms with Gasteiger partial charge in [0.2, 0.25) is 0 Å². The van der Waals surface area contributed by atoms with E-state index in [9.17, 15) is 5.11 Å². The molecular formula is C19H21BN2O3. The highest BCUT2D eigenvalue weighted by Gasteiger charge is 2.52. The Morgan fingerprint density at radius 3 is 2.36 bits per heavy atom. The summed E-state index contributed by atoms with van der Waals surface area (Å²) in [5.41, 5.74) is 2.44. The van der Waals surface area contributed by atoms with Gasteiger partial charge in [0.05, 0.1) is 22.2 Å². The van der Waals surface area contributed by atoms with Crippen molar-refractivity contribution in [3.63, 3.8) is 0 Å². The second kappa shape index (κ2) is 5.34. The highest BCUT2D eigenvalue weighted by molar-refractivity contribution is 6.63. The predicted molar refractivity (Wildman–Crippen MR) is 98.9 cm³/mol. The molecule has 1 saturated heterocycles. The summed E-state index contributed by atoms with van der Waals surface area (Å²) in [6.07, 6.45) is 0. The quantitative estimate of drug-likeness (QED) is 0.705. The first kappa shape index (κ1) is 16.2. The minimum Gasteiger partial charge on any atom is -0.508 e. The van der Waals surface area contributed by atoms with E-state index in [1.54, 1.807) is 6.07 Å². The monoisotopic (exact) mass is 336 g/mol. The highest BCUT2D eigenvalue weighted by atomic mass is 16.7. The van der Waals surface area contributed by atoms with Crippen molar-refractivity contribution in [1.82, 2.24) is 9.97 Å². The van der Waals surface area contributed by atoms with Gasteiger partial charge in [-0.2, -0.15) is 0 Å². The van der Waals surface area contributed by atoms with E-state index in [-0.39, 0.29) is 5.75 Å². The number of aromatic amines is 1. The van der Waals surface area contributed by atoms with E-state index >= 15 is 0 Å². The van der Waals surface area contributed by atoms with Crippen molar-refractivity contribution in [2.45, 2.75) is 38.9 Å². The Balaban J connectivity index is 1.74. The molecule has 0 amide bonds. The second-order valence-electron chi connectivity index (χ2n) is 7.46. The van der Waals surface area contributed by atoms with Crippen molar-refractivity contribution in [3.05, 3.63) is 42.5 Å². The lowest BCUT2D eigenvalue weighted by Crippen LogP contribution is -2.41. The SMILES string of the molecule is CC1(C)OB(c2cc(-c3nc4ccccc4[nH]3)ccc2O)OC1(C)C. The van der Waals surface area contributed by atoms with Gasteiger partial charge in [0.1, 0.15) is 11.6 Å². The third-order valence-electron chi connectivity index (χ3n) is 5.20. The minimum absolute atomic E-state index is 0.151. The number of rotatable bonds is 2. The summed E-state index contributed by atoms with van der Waals surface area (Å²) in [6, 6.07) is 13.2. The van der Waals surface area contributed by atoms with Crippen molar-refractivity contribution >= 4 is 23.6 Å². The lowest BCUT2D eigenvalue weighted by Gasteiger charge is -2.32. The molecule has 6 heteroatoms. The molecule has 0 radical (unpaired) electrons. The summed E-state index contributed by atoms with van der Waals surface area (Å²) in [6.45, 7) is 7.97. The van der Waals surface area contributed by atoms with Crippen LogP contribution in [-0.2, 0) is 9.31 Å². The Hall–Kier alpha value is -2.31. The van der Waals surface area contributed by atoms with E-state index < -0.39 is 18.3 Å². The number of aromatic nitrogens is 2. The van der Waals surface area contributed by atoms with Gasteiger partial charge in [-0.15, -0.1) is 0 Å². The summed E-state index contributed by atoms with van der Waals surface area (Å²) in [5.74, 6) is 0.900. The topological polar surface area (TPSA) is 67.4 Å². The smallest absolute Gasteiger partial charge is 0.498 e. The van der Waals surface area contributed by atoms with Crippen molar-refractivity contribution < 1.29 is 14.4 Å². The average molecular weight is 336 g/mol.